The second-order valence-corrected chi connectivity index (χ2v) is 7.85. The minimum absolute atomic E-state index is 0.194. The number of carbonyl (C=O) groups excluding carboxylic acids is 1. The first-order chi connectivity index (χ1) is 11.1. The monoisotopic (exact) mass is 453 g/mol. The van der Waals surface area contributed by atoms with Crippen LogP contribution in [0.15, 0.2) is 73.4 Å². The quantitative estimate of drug-likeness (QED) is 0.738. The fourth-order valence-electron chi connectivity index (χ4n) is 2.26. The van der Waals surface area contributed by atoms with Crippen molar-refractivity contribution in [3.05, 3.63) is 74.0 Å². The average Bonchev–Trinajstić information content (AvgIpc) is 2.76. The third-order valence-corrected chi connectivity index (χ3v) is 6.13. The van der Waals surface area contributed by atoms with Crippen molar-refractivity contribution in [2.75, 3.05) is 0 Å². The van der Waals surface area contributed by atoms with Crippen molar-refractivity contribution in [3.63, 3.8) is 0 Å². The summed E-state index contributed by atoms with van der Waals surface area (Å²) >= 11 is 8.12. The van der Waals surface area contributed by atoms with Crippen molar-refractivity contribution in [1.82, 2.24) is 4.90 Å². The normalized spacial score (nSPS) is 18.0. The van der Waals surface area contributed by atoms with Gasteiger partial charge in [0.05, 0.1) is 9.39 Å². The van der Waals surface area contributed by atoms with Crippen molar-refractivity contribution >= 4 is 49.5 Å². The third-order valence-electron chi connectivity index (χ3n) is 3.43. The van der Waals surface area contributed by atoms with E-state index in [1.807, 2.05) is 54.6 Å². The maximum absolute atomic E-state index is 12.4. The molecule has 0 bridgehead atoms. The molecule has 0 fully saturated rings. The summed E-state index contributed by atoms with van der Waals surface area (Å²) < 4.78 is 1.41. The molecule has 1 aliphatic rings. The van der Waals surface area contributed by atoms with Gasteiger partial charge in [-0.3, -0.25) is 4.79 Å². The Balaban J connectivity index is 1.79. The Morgan fingerprint density at radius 1 is 1.04 bits per heavy atom. The van der Waals surface area contributed by atoms with Gasteiger partial charge in [-0.1, -0.05) is 58.0 Å². The van der Waals surface area contributed by atoms with Gasteiger partial charge in [-0.2, -0.15) is 0 Å². The van der Waals surface area contributed by atoms with Crippen LogP contribution in [0, 0.1) is 0 Å². The smallest absolute Gasteiger partial charge is 0.264 e. The van der Waals surface area contributed by atoms with Crippen LogP contribution in [0.3, 0.4) is 0 Å². The SMILES string of the molecule is O=C1C(Br)=C(Sc2ccc(Br)cc2)[C@@H](O)N1Cc1ccccc1. The van der Waals surface area contributed by atoms with Crippen molar-refractivity contribution in [1.29, 1.82) is 0 Å². The molecule has 0 saturated heterocycles. The number of hydrogen-bond donors (Lipinski definition) is 1. The molecule has 1 atom stereocenters. The molecule has 0 saturated carbocycles. The second kappa shape index (κ2) is 7.21. The molecule has 0 aromatic heterocycles. The molecule has 3 nitrogen and oxygen atoms in total. The van der Waals surface area contributed by atoms with Gasteiger partial charge < -0.3 is 10.0 Å². The maximum atomic E-state index is 12.4. The van der Waals surface area contributed by atoms with Gasteiger partial charge in [-0.05, 0) is 45.8 Å². The van der Waals surface area contributed by atoms with Gasteiger partial charge in [-0.15, -0.1) is 0 Å². The number of nitrogens with zero attached hydrogens (tertiary/aromatic N) is 1. The van der Waals surface area contributed by atoms with Crippen molar-refractivity contribution in [2.45, 2.75) is 17.7 Å². The summed E-state index contributed by atoms with van der Waals surface area (Å²) in [5.41, 5.74) is 0.982. The number of carbonyl (C=O) groups is 1. The highest BCUT2D eigenvalue weighted by molar-refractivity contribution is 9.12. The van der Waals surface area contributed by atoms with E-state index >= 15 is 0 Å². The molecule has 1 amide bonds. The highest BCUT2D eigenvalue weighted by Crippen LogP contribution is 2.40. The topological polar surface area (TPSA) is 40.5 Å². The Morgan fingerprint density at radius 3 is 2.35 bits per heavy atom. The Bertz CT molecular complexity index is 747. The number of hydrogen-bond acceptors (Lipinski definition) is 3. The van der Waals surface area contributed by atoms with E-state index in [-0.39, 0.29) is 5.91 Å². The van der Waals surface area contributed by atoms with E-state index in [1.165, 1.54) is 16.7 Å². The van der Waals surface area contributed by atoms with E-state index in [2.05, 4.69) is 31.9 Å². The fraction of sp³-hybridized carbons (Fsp3) is 0.118. The molecule has 0 radical (unpaired) electrons. The molecule has 0 unspecified atom stereocenters. The lowest BCUT2D eigenvalue weighted by molar-refractivity contribution is -0.131. The Labute approximate surface area is 155 Å². The number of thioether (sulfide) groups is 1. The van der Waals surface area contributed by atoms with Crippen molar-refractivity contribution < 1.29 is 9.90 Å². The van der Waals surface area contributed by atoms with Crippen LogP contribution in [0.2, 0.25) is 0 Å². The van der Waals surface area contributed by atoms with Gasteiger partial charge in [0, 0.05) is 15.9 Å². The highest BCUT2D eigenvalue weighted by Gasteiger charge is 2.37. The number of aliphatic hydroxyl groups is 1. The Morgan fingerprint density at radius 2 is 1.70 bits per heavy atom. The molecule has 2 aromatic rings. The molecule has 1 heterocycles. The summed E-state index contributed by atoms with van der Waals surface area (Å²) in [6.07, 6.45) is -0.939. The standard InChI is InChI=1S/C17H13Br2NO2S/c18-12-6-8-13(9-7-12)23-15-14(19)16(21)20(17(15)22)10-11-4-2-1-3-5-11/h1-9,17,22H,10H2/t17-/m1/s1. The van der Waals surface area contributed by atoms with Gasteiger partial charge in [0.15, 0.2) is 6.23 Å². The molecular weight excluding hydrogens is 442 g/mol. The first-order valence-corrected chi connectivity index (χ1v) is 9.32. The molecule has 0 aliphatic carbocycles. The first-order valence-electron chi connectivity index (χ1n) is 6.92. The number of benzene rings is 2. The Hall–Kier alpha value is -1.08. The minimum Gasteiger partial charge on any atom is -0.369 e. The van der Waals surface area contributed by atoms with Gasteiger partial charge in [0.2, 0.25) is 0 Å². The van der Waals surface area contributed by atoms with E-state index in [0.717, 1.165) is 14.9 Å². The molecule has 0 spiro atoms. The lowest BCUT2D eigenvalue weighted by Gasteiger charge is -2.22. The van der Waals surface area contributed by atoms with E-state index in [9.17, 15) is 9.90 Å². The molecule has 118 valence electrons. The van der Waals surface area contributed by atoms with Crippen LogP contribution in [0.5, 0.6) is 0 Å². The first kappa shape index (κ1) is 16.8. The summed E-state index contributed by atoms with van der Waals surface area (Å²) in [5, 5.41) is 10.6. The second-order valence-electron chi connectivity index (χ2n) is 5.03. The van der Waals surface area contributed by atoms with E-state index in [1.54, 1.807) is 0 Å². The zero-order chi connectivity index (χ0) is 16.4. The summed E-state index contributed by atoms with van der Waals surface area (Å²) in [6.45, 7) is 0.375. The van der Waals surface area contributed by atoms with Crippen LogP contribution < -0.4 is 0 Å². The summed E-state index contributed by atoms with van der Waals surface area (Å²) in [7, 11) is 0. The number of aliphatic hydroxyl groups excluding tert-OH is 1. The largest absolute Gasteiger partial charge is 0.369 e. The van der Waals surface area contributed by atoms with E-state index < -0.39 is 6.23 Å². The minimum atomic E-state index is -0.939. The zero-order valence-electron chi connectivity index (χ0n) is 11.9. The lowest BCUT2D eigenvalue weighted by atomic mass is 10.2. The van der Waals surface area contributed by atoms with Crippen LogP contribution in [-0.2, 0) is 11.3 Å². The molecular formula is C17H13Br2NO2S. The maximum Gasteiger partial charge on any atom is 0.264 e. The summed E-state index contributed by atoms with van der Waals surface area (Å²) in [4.78, 5) is 15.5. The Kier molecular flexibility index (Phi) is 5.26. The predicted octanol–water partition coefficient (Wildman–Crippen LogP) is 4.51. The van der Waals surface area contributed by atoms with Crippen LogP contribution in [0.4, 0.5) is 0 Å². The molecule has 1 N–H and O–H groups in total. The van der Waals surface area contributed by atoms with Crippen LogP contribution >= 0.6 is 43.6 Å². The van der Waals surface area contributed by atoms with Crippen molar-refractivity contribution in [2.24, 2.45) is 0 Å². The van der Waals surface area contributed by atoms with E-state index in [4.69, 9.17) is 0 Å². The summed E-state index contributed by atoms with van der Waals surface area (Å²) in [6, 6.07) is 17.4. The van der Waals surface area contributed by atoms with Crippen LogP contribution in [0.25, 0.3) is 0 Å². The van der Waals surface area contributed by atoms with Gasteiger partial charge in [0.25, 0.3) is 5.91 Å². The molecule has 3 rings (SSSR count). The molecule has 2 aromatic carbocycles. The number of rotatable bonds is 4. The fourth-order valence-corrected chi connectivity index (χ4v) is 4.14. The highest BCUT2D eigenvalue weighted by atomic mass is 79.9. The van der Waals surface area contributed by atoms with Gasteiger partial charge in [-0.25, -0.2) is 0 Å². The number of amides is 1. The zero-order valence-corrected chi connectivity index (χ0v) is 15.9. The van der Waals surface area contributed by atoms with Crippen LogP contribution in [-0.4, -0.2) is 22.1 Å². The van der Waals surface area contributed by atoms with Gasteiger partial charge in [0.1, 0.15) is 0 Å². The molecule has 23 heavy (non-hydrogen) atoms. The molecule has 6 heteroatoms. The van der Waals surface area contributed by atoms with Crippen molar-refractivity contribution in [3.8, 4) is 0 Å². The summed E-state index contributed by atoms with van der Waals surface area (Å²) in [5.74, 6) is -0.194. The van der Waals surface area contributed by atoms with E-state index in [0.29, 0.717) is 15.9 Å². The van der Waals surface area contributed by atoms with Gasteiger partial charge >= 0.3 is 0 Å². The molecule has 1 aliphatic heterocycles. The van der Waals surface area contributed by atoms with Crippen LogP contribution in [0.1, 0.15) is 5.56 Å². The number of halogens is 2. The third kappa shape index (κ3) is 3.71. The predicted molar refractivity (Wildman–Crippen MR) is 99.0 cm³/mol. The average molecular weight is 455 g/mol. The lowest BCUT2D eigenvalue weighted by Crippen LogP contribution is -2.34.